The molecule has 1 aromatic carbocycles. The van der Waals surface area contributed by atoms with Crippen LogP contribution in [0.15, 0.2) is 18.2 Å². The largest absolute Gasteiger partial charge is 0.271 e. The van der Waals surface area contributed by atoms with Crippen LogP contribution in [0.5, 0.6) is 0 Å². The molecule has 1 saturated carbocycles. The van der Waals surface area contributed by atoms with Crippen molar-refractivity contribution in [2.24, 2.45) is 17.7 Å². The monoisotopic (exact) mass is 296 g/mol. The van der Waals surface area contributed by atoms with Crippen LogP contribution in [0.1, 0.15) is 63.5 Å². The number of hydrogen-bond donors (Lipinski definition) is 2. The van der Waals surface area contributed by atoms with Crippen molar-refractivity contribution in [2.45, 2.75) is 57.9 Å². The maximum Gasteiger partial charge on any atom is 0.159 e. The van der Waals surface area contributed by atoms with Crippen LogP contribution in [-0.4, -0.2) is 0 Å². The number of nitrogens with two attached hydrogens (primary N) is 1. The van der Waals surface area contributed by atoms with E-state index in [9.17, 15) is 8.78 Å². The molecule has 1 fully saturated rings. The van der Waals surface area contributed by atoms with Crippen molar-refractivity contribution in [1.29, 1.82) is 0 Å². The number of nitrogens with one attached hydrogen (secondary N) is 1. The highest BCUT2D eigenvalue weighted by Gasteiger charge is 2.28. The van der Waals surface area contributed by atoms with Gasteiger partial charge in [-0.2, -0.15) is 0 Å². The van der Waals surface area contributed by atoms with Crippen molar-refractivity contribution in [3.8, 4) is 0 Å². The highest BCUT2D eigenvalue weighted by molar-refractivity contribution is 5.22. The van der Waals surface area contributed by atoms with E-state index in [1.54, 1.807) is 6.07 Å². The van der Waals surface area contributed by atoms with Crippen LogP contribution in [-0.2, 0) is 0 Å². The Morgan fingerprint density at radius 3 is 2.48 bits per heavy atom. The molecule has 4 heteroatoms. The third kappa shape index (κ3) is 4.24. The molecule has 1 atom stereocenters. The van der Waals surface area contributed by atoms with E-state index >= 15 is 0 Å². The molecule has 3 N–H and O–H groups in total. The van der Waals surface area contributed by atoms with Crippen LogP contribution in [0.3, 0.4) is 0 Å². The molecule has 1 aliphatic carbocycles. The van der Waals surface area contributed by atoms with Gasteiger partial charge in [0, 0.05) is 6.04 Å². The third-order valence-corrected chi connectivity index (χ3v) is 4.81. The fraction of sp³-hybridized carbons (Fsp3) is 0.647. The molecule has 0 amide bonds. The standard InChI is InChI=1S/C17H26F2N2/c1-2-3-4-12-5-7-13(8-6-12)17(21-20)14-9-10-15(18)16(19)11-14/h9-13,17,21H,2-8,20H2,1H3. The van der Waals surface area contributed by atoms with E-state index in [0.717, 1.165) is 24.3 Å². The van der Waals surface area contributed by atoms with Crippen molar-refractivity contribution in [2.75, 3.05) is 0 Å². The van der Waals surface area contributed by atoms with Crippen LogP contribution >= 0.6 is 0 Å². The minimum atomic E-state index is -0.808. The first-order chi connectivity index (χ1) is 10.2. The lowest BCUT2D eigenvalue weighted by atomic mass is 9.75. The van der Waals surface area contributed by atoms with E-state index < -0.39 is 11.6 Å². The Morgan fingerprint density at radius 1 is 1.19 bits per heavy atom. The van der Waals surface area contributed by atoms with Crippen molar-refractivity contribution in [3.63, 3.8) is 0 Å². The molecule has 0 aliphatic heterocycles. The summed E-state index contributed by atoms with van der Waals surface area (Å²) in [5.74, 6) is 5.29. The molecule has 1 aliphatic rings. The van der Waals surface area contributed by atoms with Crippen LogP contribution in [0.4, 0.5) is 8.78 Å². The van der Waals surface area contributed by atoms with E-state index in [1.165, 1.54) is 44.2 Å². The molecule has 21 heavy (non-hydrogen) atoms. The summed E-state index contributed by atoms with van der Waals surface area (Å²) >= 11 is 0. The molecule has 0 radical (unpaired) electrons. The lowest BCUT2D eigenvalue weighted by Gasteiger charge is -2.34. The summed E-state index contributed by atoms with van der Waals surface area (Å²) in [6, 6.07) is 3.99. The SMILES string of the molecule is CCCCC1CCC(C(NN)c2ccc(F)c(F)c2)CC1. The highest BCUT2D eigenvalue weighted by Crippen LogP contribution is 2.38. The molecule has 118 valence electrons. The fourth-order valence-corrected chi connectivity index (χ4v) is 3.51. The van der Waals surface area contributed by atoms with E-state index in [2.05, 4.69) is 12.3 Å². The predicted molar refractivity (Wildman–Crippen MR) is 81.4 cm³/mol. The molecule has 2 rings (SSSR count). The molecule has 0 heterocycles. The second kappa shape index (κ2) is 7.85. The van der Waals surface area contributed by atoms with Crippen LogP contribution in [0.2, 0.25) is 0 Å². The summed E-state index contributed by atoms with van der Waals surface area (Å²) in [7, 11) is 0. The summed E-state index contributed by atoms with van der Waals surface area (Å²) in [4.78, 5) is 0. The van der Waals surface area contributed by atoms with Gasteiger partial charge >= 0.3 is 0 Å². The molecule has 0 aromatic heterocycles. The fourth-order valence-electron chi connectivity index (χ4n) is 3.51. The second-order valence-electron chi connectivity index (χ2n) is 6.24. The highest BCUT2D eigenvalue weighted by atomic mass is 19.2. The van der Waals surface area contributed by atoms with E-state index in [-0.39, 0.29) is 6.04 Å². The summed E-state index contributed by atoms with van der Waals surface area (Å²) in [6.45, 7) is 2.23. The number of halogens is 2. The minimum Gasteiger partial charge on any atom is -0.271 e. The molecule has 2 nitrogen and oxygen atoms in total. The number of unbranched alkanes of at least 4 members (excludes halogenated alkanes) is 1. The zero-order valence-corrected chi connectivity index (χ0v) is 12.7. The maximum absolute atomic E-state index is 13.4. The smallest absolute Gasteiger partial charge is 0.159 e. The number of hydrogen-bond acceptors (Lipinski definition) is 2. The average molecular weight is 296 g/mol. The Balaban J connectivity index is 1.97. The van der Waals surface area contributed by atoms with E-state index in [0.29, 0.717) is 5.92 Å². The number of rotatable bonds is 6. The Morgan fingerprint density at radius 2 is 1.90 bits per heavy atom. The number of benzene rings is 1. The summed E-state index contributed by atoms with van der Waals surface area (Å²) in [6.07, 6.45) is 8.50. The van der Waals surface area contributed by atoms with Gasteiger partial charge in [-0.25, -0.2) is 8.78 Å². The quantitative estimate of drug-likeness (QED) is 0.600. The molecule has 1 unspecified atom stereocenters. The lowest BCUT2D eigenvalue weighted by molar-refractivity contribution is 0.213. The van der Waals surface area contributed by atoms with Crippen LogP contribution < -0.4 is 11.3 Å². The van der Waals surface area contributed by atoms with Gasteiger partial charge in [0.25, 0.3) is 0 Å². The zero-order valence-electron chi connectivity index (χ0n) is 12.7. The van der Waals surface area contributed by atoms with Gasteiger partial charge in [0.1, 0.15) is 0 Å². The zero-order chi connectivity index (χ0) is 15.2. The van der Waals surface area contributed by atoms with E-state index in [1.807, 2.05) is 0 Å². The van der Waals surface area contributed by atoms with Gasteiger partial charge in [0.05, 0.1) is 0 Å². The summed E-state index contributed by atoms with van der Waals surface area (Å²) < 4.78 is 26.5. The van der Waals surface area contributed by atoms with E-state index in [4.69, 9.17) is 5.84 Å². The molecular formula is C17H26F2N2. The van der Waals surface area contributed by atoms with Gasteiger partial charge in [-0.05, 0) is 42.4 Å². The minimum absolute atomic E-state index is 0.0905. The molecule has 0 spiro atoms. The predicted octanol–water partition coefficient (Wildman–Crippen LogP) is 4.47. The van der Waals surface area contributed by atoms with Gasteiger partial charge in [-0.1, -0.05) is 45.1 Å². The lowest BCUT2D eigenvalue weighted by Crippen LogP contribution is -2.35. The maximum atomic E-state index is 13.4. The molecule has 1 aromatic rings. The average Bonchev–Trinajstić information content (AvgIpc) is 2.50. The van der Waals surface area contributed by atoms with Gasteiger partial charge in [0.15, 0.2) is 11.6 Å². The normalized spacial score (nSPS) is 24.0. The Bertz CT molecular complexity index is 442. The van der Waals surface area contributed by atoms with Crippen molar-refractivity contribution >= 4 is 0 Å². The summed E-state index contributed by atoms with van der Waals surface area (Å²) in [5.41, 5.74) is 3.55. The van der Waals surface area contributed by atoms with Crippen LogP contribution in [0, 0.1) is 23.5 Å². The topological polar surface area (TPSA) is 38.0 Å². The van der Waals surface area contributed by atoms with Crippen molar-refractivity contribution < 1.29 is 8.78 Å². The Labute approximate surface area is 126 Å². The van der Waals surface area contributed by atoms with Crippen LogP contribution in [0.25, 0.3) is 0 Å². The van der Waals surface area contributed by atoms with Crippen molar-refractivity contribution in [1.82, 2.24) is 5.43 Å². The van der Waals surface area contributed by atoms with Gasteiger partial charge in [-0.15, -0.1) is 0 Å². The van der Waals surface area contributed by atoms with Gasteiger partial charge in [-0.3, -0.25) is 11.3 Å². The van der Waals surface area contributed by atoms with Gasteiger partial charge < -0.3 is 0 Å². The van der Waals surface area contributed by atoms with Gasteiger partial charge in [0.2, 0.25) is 0 Å². The van der Waals surface area contributed by atoms with Crippen molar-refractivity contribution in [3.05, 3.63) is 35.4 Å². The summed E-state index contributed by atoms with van der Waals surface area (Å²) in [5, 5.41) is 0. The second-order valence-corrected chi connectivity index (χ2v) is 6.24. The Hall–Kier alpha value is -1.00. The first kappa shape index (κ1) is 16.4. The number of hydrazine groups is 1. The first-order valence-electron chi connectivity index (χ1n) is 8.06. The molecule has 0 saturated heterocycles. The molecular weight excluding hydrogens is 270 g/mol. The molecule has 0 bridgehead atoms. The third-order valence-electron chi connectivity index (χ3n) is 4.81. The first-order valence-corrected chi connectivity index (χ1v) is 8.06. The Kier molecular flexibility index (Phi) is 6.12.